The van der Waals surface area contributed by atoms with E-state index < -0.39 is 10.0 Å². The maximum atomic E-state index is 12.5. The standard InChI is InChI=1S/C20H20N4O3S/c1-24(2)19-12-11-17(14-21-19)22-20(25)15-7-6-8-16(13-15)23-28(26,27)18-9-4-3-5-10-18/h3-14,23H,1-2H3,(H,22,25). The third-order valence-electron chi connectivity index (χ3n) is 3.89. The normalized spacial score (nSPS) is 10.9. The highest BCUT2D eigenvalue weighted by atomic mass is 32.2. The Balaban J connectivity index is 1.74. The number of hydrogen-bond acceptors (Lipinski definition) is 5. The average Bonchev–Trinajstić information content (AvgIpc) is 2.69. The molecule has 28 heavy (non-hydrogen) atoms. The Morgan fingerprint density at radius 2 is 1.68 bits per heavy atom. The molecule has 3 aromatic rings. The van der Waals surface area contributed by atoms with E-state index >= 15 is 0 Å². The van der Waals surface area contributed by atoms with Gasteiger partial charge in [-0.1, -0.05) is 24.3 Å². The third kappa shape index (κ3) is 4.66. The van der Waals surface area contributed by atoms with Crippen LogP contribution < -0.4 is 14.9 Å². The fourth-order valence-corrected chi connectivity index (χ4v) is 3.54. The zero-order valence-electron chi connectivity index (χ0n) is 15.5. The van der Waals surface area contributed by atoms with Crippen LogP contribution in [-0.2, 0) is 10.0 Å². The number of sulfonamides is 1. The largest absolute Gasteiger partial charge is 0.363 e. The first-order valence-corrected chi connectivity index (χ1v) is 9.96. The van der Waals surface area contributed by atoms with Crippen molar-refractivity contribution in [2.45, 2.75) is 4.90 Å². The summed E-state index contributed by atoms with van der Waals surface area (Å²) in [5.74, 6) is 0.412. The third-order valence-corrected chi connectivity index (χ3v) is 5.29. The molecule has 0 aliphatic heterocycles. The number of rotatable bonds is 6. The van der Waals surface area contributed by atoms with Gasteiger partial charge in [0.2, 0.25) is 0 Å². The lowest BCUT2D eigenvalue weighted by Gasteiger charge is -2.12. The zero-order chi connectivity index (χ0) is 20.1. The smallest absolute Gasteiger partial charge is 0.261 e. The van der Waals surface area contributed by atoms with E-state index in [0.717, 1.165) is 5.82 Å². The second kappa shape index (κ2) is 8.10. The maximum absolute atomic E-state index is 12.5. The highest BCUT2D eigenvalue weighted by Gasteiger charge is 2.15. The molecule has 8 heteroatoms. The molecule has 0 unspecified atom stereocenters. The Morgan fingerprint density at radius 1 is 0.929 bits per heavy atom. The predicted octanol–water partition coefficient (Wildman–Crippen LogP) is 3.20. The molecule has 0 radical (unpaired) electrons. The van der Waals surface area contributed by atoms with Gasteiger partial charge in [-0.05, 0) is 42.5 Å². The van der Waals surface area contributed by atoms with E-state index in [2.05, 4.69) is 15.0 Å². The average molecular weight is 396 g/mol. The number of pyridine rings is 1. The highest BCUT2D eigenvalue weighted by molar-refractivity contribution is 7.92. The van der Waals surface area contributed by atoms with Crippen LogP contribution in [-0.4, -0.2) is 33.4 Å². The van der Waals surface area contributed by atoms with E-state index in [1.807, 2.05) is 19.0 Å². The van der Waals surface area contributed by atoms with Crippen LogP contribution in [0.15, 0.2) is 77.8 Å². The summed E-state index contributed by atoms with van der Waals surface area (Å²) in [5, 5.41) is 2.75. The van der Waals surface area contributed by atoms with E-state index in [1.54, 1.807) is 54.7 Å². The fraction of sp³-hybridized carbons (Fsp3) is 0.100. The molecule has 1 amide bonds. The van der Waals surface area contributed by atoms with Gasteiger partial charge >= 0.3 is 0 Å². The van der Waals surface area contributed by atoms with Crippen molar-refractivity contribution >= 4 is 33.1 Å². The molecule has 144 valence electrons. The minimum absolute atomic E-state index is 0.150. The van der Waals surface area contributed by atoms with Crippen molar-refractivity contribution in [1.82, 2.24) is 4.98 Å². The lowest BCUT2D eigenvalue weighted by Crippen LogP contribution is -2.15. The summed E-state index contributed by atoms with van der Waals surface area (Å²) in [7, 11) is 0.0311. The molecule has 2 aromatic carbocycles. The van der Waals surface area contributed by atoms with Gasteiger partial charge in [0.15, 0.2) is 0 Å². The summed E-state index contributed by atoms with van der Waals surface area (Å²) in [6.45, 7) is 0. The van der Waals surface area contributed by atoms with Gasteiger partial charge in [0.1, 0.15) is 5.82 Å². The predicted molar refractivity (Wildman–Crippen MR) is 110 cm³/mol. The summed E-state index contributed by atoms with van der Waals surface area (Å²) >= 11 is 0. The maximum Gasteiger partial charge on any atom is 0.261 e. The number of anilines is 3. The van der Waals surface area contributed by atoms with Gasteiger partial charge in [-0.25, -0.2) is 13.4 Å². The van der Waals surface area contributed by atoms with Crippen LogP contribution in [0.4, 0.5) is 17.2 Å². The van der Waals surface area contributed by atoms with Crippen LogP contribution in [0.2, 0.25) is 0 Å². The Bertz CT molecular complexity index is 1070. The molecule has 0 atom stereocenters. The van der Waals surface area contributed by atoms with E-state index in [9.17, 15) is 13.2 Å². The van der Waals surface area contributed by atoms with Crippen LogP contribution in [0.3, 0.4) is 0 Å². The molecule has 3 rings (SSSR count). The number of hydrogen-bond donors (Lipinski definition) is 2. The van der Waals surface area contributed by atoms with Crippen molar-refractivity contribution in [3.05, 3.63) is 78.5 Å². The summed E-state index contributed by atoms with van der Waals surface area (Å²) in [5.41, 5.74) is 1.17. The van der Waals surface area contributed by atoms with Gasteiger partial charge in [-0.3, -0.25) is 9.52 Å². The first kappa shape index (κ1) is 19.4. The topological polar surface area (TPSA) is 91.4 Å². The quantitative estimate of drug-likeness (QED) is 0.668. The van der Waals surface area contributed by atoms with Gasteiger partial charge in [0.05, 0.1) is 16.8 Å². The minimum Gasteiger partial charge on any atom is -0.363 e. The molecule has 0 fully saturated rings. The summed E-state index contributed by atoms with van der Waals surface area (Å²) in [6.07, 6.45) is 1.56. The molecular weight excluding hydrogens is 376 g/mol. The van der Waals surface area contributed by atoms with Crippen molar-refractivity contribution in [3.63, 3.8) is 0 Å². The molecule has 0 aliphatic rings. The van der Waals surface area contributed by atoms with Crippen molar-refractivity contribution in [2.75, 3.05) is 29.0 Å². The molecule has 0 bridgehead atoms. The number of aromatic nitrogens is 1. The van der Waals surface area contributed by atoms with Crippen molar-refractivity contribution in [3.8, 4) is 0 Å². The lowest BCUT2D eigenvalue weighted by molar-refractivity contribution is 0.102. The van der Waals surface area contributed by atoms with Crippen LogP contribution >= 0.6 is 0 Å². The minimum atomic E-state index is -3.72. The Kier molecular flexibility index (Phi) is 5.60. The molecule has 0 spiro atoms. The van der Waals surface area contributed by atoms with Crippen molar-refractivity contribution < 1.29 is 13.2 Å². The second-order valence-corrected chi connectivity index (χ2v) is 7.94. The van der Waals surface area contributed by atoms with E-state index in [0.29, 0.717) is 16.9 Å². The zero-order valence-corrected chi connectivity index (χ0v) is 16.3. The molecule has 1 aromatic heterocycles. The van der Waals surface area contributed by atoms with Crippen LogP contribution in [0.1, 0.15) is 10.4 Å². The van der Waals surface area contributed by atoms with Crippen molar-refractivity contribution in [2.24, 2.45) is 0 Å². The van der Waals surface area contributed by atoms with Gasteiger partial charge < -0.3 is 10.2 Å². The Morgan fingerprint density at radius 3 is 2.32 bits per heavy atom. The first-order valence-electron chi connectivity index (χ1n) is 8.48. The van der Waals surface area contributed by atoms with Crippen LogP contribution in [0, 0.1) is 0 Å². The van der Waals surface area contributed by atoms with Crippen LogP contribution in [0.5, 0.6) is 0 Å². The van der Waals surface area contributed by atoms with E-state index in [1.165, 1.54) is 18.2 Å². The number of amides is 1. The van der Waals surface area contributed by atoms with Gasteiger partial charge in [0, 0.05) is 25.3 Å². The Hall–Kier alpha value is -3.39. The number of carbonyl (C=O) groups is 1. The van der Waals surface area contributed by atoms with E-state index in [-0.39, 0.29) is 10.8 Å². The van der Waals surface area contributed by atoms with Gasteiger partial charge in [-0.2, -0.15) is 0 Å². The van der Waals surface area contributed by atoms with Crippen molar-refractivity contribution in [1.29, 1.82) is 0 Å². The SMILES string of the molecule is CN(C)c1ccc(NC(=O)c2cccc(NS(=O)(=O)c3ccccc3)c2)cn1. The van der Waals surface area contributed by atoms with Gasteiger partial charge in [0.25, 0.3) is 15.9 Å². The molecule has 0 saturated carbocycles. The summed E-state index contributed by atoms with van der Waals surface area (Å²) in [6, 6.07) is 17.9. The molecular formula is C20H20N4O3S. The monoisotopic (exact) mass is 396 g/mol. The first-order chi connectivity index (χ1) is 13.3. The molecule has 0 saturated heterocycles. The highest BCUT2D eigenvalue weighted by Crippen LogP contribution is 2.18. The second-order valence-electron chi connectivity index (χ2n) is 6.25. The number of benzene rings is 2. The Labute approximate surface area is 164 Å². The molecule has 2 N–H and O–H groups in total. The van der Waals surface area contributed by atoms with Crippen LogP contribution in [0.25, 0.3) is 0 Å². The molecule has 0 aliphatic carbocycles. The molecule has 1 heterocycles. The number of nitrogens with zero attached hydrogens (tertiary/aromatic N) is 2. The number of nitrogens with one attached hydrogen (secondary N) is 2. The lowest BCUT2D eigenvalue weighted by atomic mass is 10.2. The molecule has 7 nitrogen and oxygen atoms in total. The van der Waals surface area contributed by atoms with Gasteiger partial charge in [-0.15, -0.1) is 0 Å². The fourth-order valence-electron chi connectivity index (χ4n) is 2.47. The van der Waals surface area contributed by atoms with E-state index in [4.69, 9.17) is 0 Å². The summed E-state index contributed by atoms with van der Waals surface area (Å²) < 4.78 is 27.4. The number of carbonyl (C=O) groups excluding carboxylic acids is 1. The summed E-state index contributed by atoms with van der Waals surface area (Å²) in [4.78, 5) is 18.7.